The van der Waals surface area contributed by atoms with E-state index in [1.165, 1.54) is 31.6 Å². The minimum Gasteiger partial charge on any atom is -0.480 e. The molecular weight excluding hydrogens is 352 g/mol. The second-order valence-electron chi connectivity index (χ2n) is 6.22. The number of amides is 1. The Hall–Kier alpha value is -3.23. The molecule has 1 amide bonds. The van der Waals surface area contributed by atoms with Crippen molar-refractivity contribution in [2.24, 2.45) is 0 Å². The van der Waals surface area contributed by atoms with Crippen molar-refractivity contribution in [3.63, 3.8) is 0 Å². The van der Waals surface area contributed by atoms with Crippen LogP contribution in [0.3, 0.4) is 0 Å². The normalized spacial score (nSPS) is 16.6. The number of rotatable bonds is 6. The van der Waals surface area contributed by atoms with Crippen LogP contribution >= 0.6 is 0 Å². The molecule has 2 heterocycles. The zero-order valence-corrected chi connectivity index (χ0v) is 14.9. The largest absolute Gasteiger partial charge is 0.480 e. The van der Waals surface area contributed by atoms with Gasteiger partial charge in [-0.1, -0.05) is 12.1 Å². The van der Waals surface area contributed by atoms with Gasteiger partial charge in [-0.05, 0) is 18.4 Å². The fourth-order valence-corrected chi connectivity index (χ4v) is 2.94. The molecule has 27 heavy (non-hydrogen) atoms. The zero-order valence-electron chi connectivity index (χ0n) is 14.9. The summed E-state index contributed by atoms with van der Waals surface area (Å²) in [6, 6.07) is 6.04. The van der Waals surface area contributed by atoms with Crippen LogP contribution in [0.1, 0.15) is 18.4 Å². The van der Waals surface area contributed by atoms with Crippen LogP contribution in [0.4, 0.5) is 5.69 Å². The molecule has 0 N–H and O–H groups in total. The summed E-state index contributed by atoms with van der Waals surface area (Å²) in [6.45, 7) is 1.13. The van der Waals surface area contributed by atoms with E-state index >= 15 is 0 Å². The Morgan fingerprint density at radius 2 is 2.04 bits per heavy atom. The Morgan fingerprint density at radius 3 is 2.74 bits per heavy atom. The number of benzene rings is 1. The number of likely N-dealkylation sites (tertiary alicyclic amines) is 1. The first-order chi connectivity index (χ1) is 13.0. The molecule has 0 radical (unpaired) electrons. The average molecular weight is 372 g/mol. The number of hydrogen-bond acceptors (Lipinski definition) is 7. The van der Waals surface area contributed by atoms with Crippen molar-refractivity contribution in [2.75, 3.05) is 20.2 Å². The molecule has 0 saturated carbocycles. The Bertz CT molecular complexity index is 812. The van der Waals surface area contributed by atoms with E-state index in [0.717, 1.165) is 18.4 Å². The summed E-state index contributed by atoms with van der Waals surface area (Å²) >= 11 is 0. The van der Waals surface area contributed by atoms with E-state index in [1.54, 1.807) is 17.0 Å². The standard InChI is InChI=1S/C18H20N4O5/c1-26-16-10-19-11-17(20-16)27-15-3-2-8-21(12-15)18(23)9-13-4-6-14(7-5-13)22(24)25/h4-7,10-11,15H,2-3,8-9,12H2,1H3. The topological polar surface area (TPSA) is 108 Å². The molecule has 1 atom stereocenters. The minimum absolute atomic E-state index is 0.0111. The van der Waals surface area contributed by atoms with Crippen molar-refractivity contribution in [1.29, 1.82) is 0 Å². The van der Waals surface area contributed by atoms with Crippen LogP contribution < -0.4 is 9.47 Å². The summed E-state index contributed by atoms with van der Waals surface area (Å²) in [6.07, 6.45) is 4.69. The van der Waals surface area contributed by atoms with Crippen molar-refractivity contribution < 1.29 is 19.2 Å². The van der Waals surface area contributed by atoms with Gasteiger partial charge in [-0.3, -0.25) is 19.9 Å². The number of aromatic nitrogens is 2. The van der Waals surface area contributed by atoms with E-state index in [1.807, 2.05) is 0 Å². The van der Waals surface area contributed by atoms with Crippen LogP contribution in [0.15, 0.2) is 36.7 Å². The van der Waals surface area contributed by atoms with Crippen molar-refractivity contribution >= 4 is 11.6 Å². The lowest BCUT2D eigenvalue weighted by Crippen LogP contribution is -2.45. The van der Waals surface area contributed by atoms with Crippen LogP contribution in [0.25, 0.3) is 0 Å². The van der Waals surface area contributed by atoms with Crippen molar-refractivity contribution in [3.8, 4) is 11.8 Å². The molecule has 1 aromatic heterocycles. The number of hydrogen-bond donors (Lipinski definition) is 0. The van der Waals surface area contributed by atoms with Gasteiger partial charge in [0.05, 0.1) is 37.4 Å². The predicted octanol–water partition coefficient (Wildman–Crippen LogP) is 2.01. The summed E-state index contributed by atoms with van der Waals surface area (Å²) in [4.78, 5) is 32.8. The molecule has 1 fully saturated rings. The Kier molecular flexibility index (Phi) is 5.80. The van der Waals surface area contributed by atoms with Gasteiger partial charge in [0.1, 0.15) is 6.10 Å². The Balaban J connectivity index is 1.58. The van der Waals surface area contributed by atoms with Crippen LogP contribution in [-0.2, 0) is 11.2 Å². The summed E-state index contributed by atoms with van der Waals surface area (Å²) in [5, 5.41) is 10.7. The fourth-order valence-electron chi connectivity index (χ4n) is 2.94. The number of carbonyl (C=O) groups is 1. The van der Waals surface area contributed by atoms with Gasteiger partial charge in [-0.25, -0.2) is 0 Å². The molecule has 9 nitrogen and oxygen atoms in total. The summed E-state index contributed by atoms with van der Waals surface area (Å²) in [5.41, 5.74) is 0.754. The number of methoxy groups -OCH3 is 1. The third-order valence-corrected chi connectivity index (χ3v) is 4.32. The highest BCUT2D eigenvalue weighted by Crippen LogP contribution is 2.19. The monoisotopic (exact) mass is 372 g/mol. The lowest BCUT2D eigenvalue weighted by molar-refractivity contribution is -0.384. The molecule has 0 spiro atoms. The van der Waals surface area contributed by atoms with Crippen LogP contribution in [0.2, 0.25) is 0 Å². The third-order valence-electron chi connectivity index (χ3n) is 4.32. The van der Waals surface area contributed by atoms with Gasteiger partial charge in [-0.2, -0.15) is 4.98 Å². The van der Waals surface area contributed by atoms with Crippen LogP contribution in [0.5, 0.6) is 11.8 Å². The molecule has 1 aliphatic rings. The molecule has 0 aliphatic carbocycles. The highest BCUT2D eigenvalue weighted by Gasteiger charge is 2.25. The number of nitro benzene ring substituents is 1. The van der Waals surface area contributed by atoms with Crippen molar-refractivity contribution in [2.45, 2.75) is 25.4 Å². The number of ether oxygens (including phenoxy) is 2. The predicted molar refractivity (Wildman–Crippen MR) is 95.6 cm³/mol. The molecule has 1 aliphatic heterocycles. The maximum absolute atomic E-state index is 12.6. The van der Waals surface area contributed by atoms with E-state index in [4.69, 9.17) is 9.47 Å². The molecule has 3 rings (SSSR count). The first-order valence-electron chi connectivity index (χ1n) is 8.59. The average Bonchev–Trinajstić information content (AvgIpc) is 2.68. The highest BCUT2D eigenvalue weighted by atomic mass is 16.6. The number of non-ortho nitro benzene ring substituents is 1. The van der Waals surface area contributed by atoms with Gasteiger partial charge in [0.15, 0.2) is 0 Å². The molecule has 9 heteroatoms. The minimum atomic E-state index is -0.459. The Morgan fingerprint density at radius 1 is 1.30 bits per heavy atom. The molecule has 142 valence electrons. The van der Waals surface area contributed by atoms with Crippen LogP contribution in [0, 0.1) is 10.1 Å². The first kappa shape index (κ1) is 18.6. The summed E-state index contributed by atoms with van der Waals surface area (Å²) < 4.78 is 10.9. The Labute approximate surface area is 156 Å². The maximum atomic E-state index is 12.6. The molecule has 2 aromatic rings. The fraction of sp³-hybridized carbons (Fsp3) is 0.389. The number of carbonyl (C=O) groups excluding carboxylic acids is 1. The van der Waals surface area contributed by atoms with Gasteiger partial charge < -0.3 is 14.4 Å². The van der Waals surface area contributed by atoms with Gasteiger partial charge in [0.2, 0.25) is 17.7 Å². The quantitative estimate of drug-likeness (QED) is 0.564. The first-order valence-corrected chi connectivity index (χ1v) is 8.59. The number of nitro groups is 1. The summed E-state index contributed by atoms with van der Waals surface area (Å²) in [5.74, 6) is 0.701. The van der Waals surface area contributed by atoms with E-state index in [0.29, 0.717) is 24.8 Å². The molecule has 1 unspecified atom stereocenters. The third kappa shape index (κ3) is 4.90. The van der Waals surface area contributed by atoms with Crippen molar-refractivity contribution in [3.05, 3.63) is 52.3 Å². The van der Waals surface area contributed by atoms with Crippen LogP contribution in [-0.4, -0.2) is 52.0 Å². The number of nitrogens with zero attached hydrogens (tertiary/aromatic N) is 4. The van der Waals surface area contributed by atoms with E-state index < -0.39 is 4.92 Å². The zero-order chi connectivity index (χ0) is 19.2. The molecular formula is C18H20N4O5. The van der Waals surface area contributed by atoms with Gasteiger partial charge >= 0.3 is 0 Å². The number of piperidine rings is 1. The SMILES string of the molecule is COc1cncc(OC2CCCN(C(=O)Cc3ccc([N+](=O)[O-])cc3)C2)n1. The summed E-state index contributed by atoms with van der Waals surface area (Å²) in [7, 11) is 1.51. The van der Waals surface area contributed by atoms with Gasteiger partial charge in [0.25, 0.3) is 5.69 Å². The maximum Gasteiger partial charge on any atom is 0.269 e. The van der Waals surface area contributed by atoms with Gasteiger partial charge in [0, 0.05) is 18.7 Å². The van der Waals surface area contributed by atoms with Gasteiger partial charge in [-0.15, -0.1) is 0 Å². The lowest BCUT2D eigenvalue weighted by atomic mass is 10.1. The smallest absolute Gasteiger partial charge is 0.269 e. The highest BCUT2D eigenvalue weighted by molar-refractivity contribution is 5.79. The van der Waals surface area contributed by atoms with Crippen molar-refractivity contribution in [1.82, 2.24) is 14.9 Å². The molecule has 1 saturated heterocycles. The second kappa shape index (κ2) is 8.43. The lowest BCUT2D eigenvalue weighted by Gasteiger charge is -2.32. The molecule has 0 bridgehead atoms. The van der Waals surface area contributed by atoms with E-state index in [2.05, 4.69) is 9.97 Å². The van der Waals surface area contributed by atoms with E-state index in [-0.39, 0.29) is 24.1 Å². The van der Waals surface area contributed by atoms with E-state index in [9.17, 15) is 14.9 Å². The second-order valence-corrected chi connectivity index (χ2v) is 6.22. The molecule has 1 aromatic carbocycles.